The number of ether oxygens (including phenoxy) is 3. The number of anilines is 1. The Morgan fingerprint density at radius 2 is 1.79 bits per heavy atom. The van der Waals surface area contributed by atoms with Crippen molar-refractivity contribution in [3.05, 3.63) is 70.9 Å². The molecule has 2 saturated heterocycles. The molecule has 1 unspecified atom stereocenters. The van der Waals surface area contributed by atoms with E-state index in [1.165, 1.54) is 14.2 Å². The monoisotopic (exact) mass is 724 g/mol. The van der Waals surface area contributed by atoms with Crippen LogP contribution >= 0.6 is 0 Å². The average Bonchev–Trinajstić information content (AvgIpc) is 3.82. The fourth-order valence-electron chi connectivity index (χ4n) is 12.4. The molecular weight excluding hydrogens is 672 g/mol. The molecule has 1 saturated carbocycles. The second kappa shape index (κ2) is 12.1. The molecule has 0 radical (unpaired) electrons. The minimum Gasteiger partial charge on any atom is -0.496 e. The topological polar surface area (TPSA) is 128 Å². The maximum absolute atomic E-state index is 15.1. The quantitative estimate of drug-likeness (QED) is 0.265. The number of likely N-dealkylation sites (N-methyl/N-ethyl adjacent to an activating group) is 1. The molecule has 1 aliphatic carbocycles. The third kappa shape index (κ3) is 4.60. The number of para-hydroxylation sites is 1. The summed E-state index contributed by atoms with van der Waals surface area (Å²) in [4.78, 5) is 39.6. The summed E-state index contributed by atoms with van der Waals surface area (Å²) in [6.45, 7) is 5.76. The lowest BCUT2D eigenvalue weighted by Gasteiger charge is -2.55. The van der Waals surface area contributed by atoms with E-state index in [1.807, 2.05) is 32.2 Å². The number of hydrogen-bond acceptors (Lipinski definition) is 10. The molecule has 6 heterocycles. The van der Waals surface area contributed by atoms with Gasteiger partial charge in [-0.05, 0) is 80.2 Å². The number of aromatic amines is 1. The lowest BCUT2D eigenvalue weighted by Crippen LogP contribution is -2.71. The van der Waals surface area contributed by atoms with Crippen LogP contribution in [0.3, 0.4) is 0 Å². The number of carbonyl (C=O) groups is 2. The van der Waals surface area contributed by atoms with Gasteiger partial charge in [0, 0.05) is 78.6 Å². The van der Waals surface area contributed by atoms with E-state index < -0.39 is 34.0 Å². The van der Waals surface area contributed by atoms with Gasteiger partial charge in [0.2, 0.25) is 0 Å². The summed E-state index contributed by atoms with van der Waals surface area (Å²) in [5.74, 6) is -0.583. The van der Waals surface area contributed by atoms with Gasteiger partial charge in [-0.2, -0.15) is 0 Å². The SMILES string of the molecule is CC[C@]1(O)C[C@@H]2CN(CCc3c([nH]c4ccccc34)[C@@](C(=O)OC)(c3cc4c(cc3OC)N(C)[C@@H]3[C@]45CCN4CC=C[C@@H](C[C@]3(O)C(=O)OC)[C@H]45)C2)C1. The first-order valence-electron chi connectivity index (χ1n) is 19.3. The standard InChI is InChI=1S/C42H52N4O7/c1-6-39(49)20-25-21-41(37(47)52-4,34-28(13-16-45(23-25)24-39)27-11-7-8-12-31(27)43-34)30-18-29-32(19-33(30)51-3)44(2)36-40(29)14-17-46-15-9-10-26(35(40)46)22-42(36,50)38(48)53-5/h7-12,18-19,25-26,35-36,43,49-50H,6,13-17,20-24H2,1-5H3/t25-,26-,35-,36+,39-,40+,41-,42+/m0/s1. The van der Waals surface area contributed by atoms with Crippen LogP contribution in [0.1, 0.15) is 61.4 Å². The molecule has 1 aromatic heterocycles. The number of fused-ring (bicyclic) bond motifs is 6. The van der Waals surface area contributed by atoms with Crippen LogP contribution in [-0.2, 0) is 36.3 Å². The van der Waals surface area contributed by atoms with E-state index >= 15 is 4.79 Å². The van der Waals surface area contributed by atoms with Gasteiger partial charge in [-0.3, -0.25) is 14.6 Å². The van der Waals surface area contributed by atoms with Crippen molar-refractivity contribution >= 4 is 28.5 Å². The molecule has 53 heavy (non-hydrogen) atoms. The summed E-state index contributed by atoms with van der Waals surface area (Å²) >= 11 is 0. The highest BCUT2D eigenvalue weighted by Crippen LogP contribution is 2.64. The van der Waals surface area contributed by atoms with Gasteiger partial charge < -0.3 is 34.3 Å². The first kappa shape index (κ1) is 34.8. The number of hydrogen-bond donors (Lipinski definition) is 3. The van der Waals surface area contributed by atoms with E-state index in [2.05, 4.69) is 50.0 Å². The van der Waals surface area contributed by atoms with Crippen LogP contribution in [0.15, 0.2) is 48.6 Å². The van der Waals surface area contributed by atoms with Crippen molar-refractivity contribution in [3.63, 3.8) is 0 Å². The molecule has 2 bridgehead atoms. The maximum atomic E-state index is 15.1. The zero-order valence-electron chi connectivity index (χ0n) is 31.5. The third-order valence-corrected chi connectivity index (χ3v) is 14.3. The van der Waals surface area contributed by atoms with Gasteiger partial charge in [0.1, 0.15) is 11.2 Å². The highest BCUT2D eigenvalue weighted by molar-refractivity contribution is 5.94. The number of nitrogens with one attached hydrogen (secondary N) is 1. The van der Waals surface area contributed by atoms with Crippen molar-refractivity contribution in [2.45, 2.75) is 79.6 Å². The number of rotatable bonds is 5. The molecule has 2 aromatic carbocycles. The van der Waals surface area contributed by atoms with Crippen LogP contribution in [0.2, 0.25) is 0 Å². The minimum absolute atomic E-state index is 0.0364. The van der Waals surface area contributed by atoms with Crippen LogP contribution in [0.5, 0.6) is 5.75 Å². The molecule has 1 spiro atoms. The van der Waals surface area contributed by atoms with Crippen molar-refractivity contribution < 1.29 is 34.0 Å². The molecular formula is C42H52N4O7. The number of aliphatic hydroxyl groups is 2. The van der Waals surface area contributed by atoms with Gasteiger partial charge in [0.25, 0.3) is 0 Å². The van der Waals surface area contributed by atoms with E-state index in [4.69, 9.17) is 14.2 Å². The van der Waals surface area contributed by atoms with Gasteiger partial charge in [-0.1, -0.05) is 37.3 Å². The summed E-state index contributed by atoms with van der Waals surface area (Å²) in [6, 6.07) is 11.9. The van der Waals surface area contributed by atoms with Crippen LogP contribution in [0.4, 0.5) is 5.69 Å². The third-order valence-electron chi connectivity index (χ3n) is 14.3. The van der Waals surface area contributed by atoms with Gasteiger partial charge in [-0.25, -0.2) is 4.79 Å². The average molecular weight is 725 g/mol. The Hall–Kier alpha value is -3.90. The van der Waals surface area contributed by atoms with E-state index in [1.54, 1.807) is 7.11 Å². The number of carbonyl (C=O) groups excluding carboxylic acids is 2. The Morgan fingerprint density at radius 1 is 1.00 bits per heavy atom. The Bertz CT molecular complexity index is 2030. The zero-order chi connectivity index (χ0) is 37.1. The number of nitrogens with zero attached hydrogens (tertiary/aromatic N) is 3. The second-order valence-corrected chi connectivity index (χ2v) is 16.8. The van der Waals surface area contributed by atoms with Crippen molar-refractivity contribution in [1.82, 2.24) is 14.8 Å². The first-order valence-corrected chi connectivity index (χ1v) is 19.3. The number of aromatic nitrogens is 1. The van der Waals surface area contributed by atoms with E-state index in [9.17, 15) is 15.0 Å². The molecule has 6 aliphatic rings. The largest absolute Gasteiger partial charge is 0.496 e. The van der Waals surface area contributed by atoms with Gasteiger partial charge >= 0.3 is 11.9 Å². The number of methoxy groups -OCH3 is 3. The summed E-state index contributed by atoms with van der Waals surface area (Å²) in [5, 5.41) is 25.6. The Labute approximate surface area is 310 Å². The highest BCUT2D eigenvalue weighted by Gasteiger charge is 2.72. The summed E-state index contributed by atoms with van der Waals surface area (Å²) < 4.78 is 17.6. The highest BCUT2D eigenvalue weighted by atomic mass is 16.5. The van der Waals surface area contributed by atoms with Gasteiger partial charge in [0.15, 0.2) is 5.60 Å². The van der Waals surface area contributed by atoms with Gasteiger partial charge in [-0.15, -0.1) is 0 Å². The van der Waals surface area contributed by atoms with E-state index in [-0.39, 0.29) is 30.3 Å². The van der Waals surface area contributed by atoms with Crippen LogP contribution < -0.4 is 9.64 Å². The molecule has 5 aliphatic heterocycles. The van der Waals surface area contributed by atoms with E-state index in [0.717, 1.165) is 66.0 Å². The maximum Gasteiger partial charge on any atom is 0.340 e. The molecule has 3 aromatic rings. The summed E-state index contributed by atoms with van der Waals surface area (Å²) in [6.07, 6.45) is 7.58. The Balaban J connectivity index is 1.34. The minimum atomic E-state index is -1.77. The van der Waals surface area contributed by atoms with Crippen molar-refractivity contribution in [3.8, 4) is 5.75 Å². The predicted molar refractivity (Wildman–Crippen MR) is 200 cm³/mol. The number of benzene rings is 2. The molecule has 9 atom stereocenters. The van der Waals surface area contributed by atoms with Crippen molar-refractivity contribution in [2.75, 3.05) is 66.0 Å². The zero-order valence-corrected chi connectivity index (χ0v) is 31.5. The summed E-state index contributed by atoms with van der Waals surface area (Å²) in [5.41, 5.74) is 0.781. The van der Waals surface area contributed by atoms with Crippen molar-refractivity contribution in [2.24, 2.45) is 11.8 Å². The summed E-state index contributed by atoms with van der Waals surface area (Å²) in [7, 11) is 6.41. The van der Waals surface area contributed by atoms with Gasteiger partial charge in [0.05, 0.1) is 33.0 Å². The predicted octanol–water partition coefficient (Wildman–Crippen LogP) is 3.67. The Kier molecular flexibility index (Phi) is 7.92. The molecule has 11 heteroatoms. The molecule has 282 valence electrons. The van der Waals surface area contributed by atoms with Crippen LogP contribution in [-0.4, -0.2) is 121 Å². The fraction of sp³-hybridized carbons (Fsp3) is 0.571. The Morgan fingerprint density at radius 3 is 2.55 bits per heavy atom. The number of esters is 2. The second-order valence-electron chi connectivity index (χ2n) is 16.8. The lowest BCUT2D eigenvalue weighted by atomic mass is 9.55. The molecule has 0 amide bonds. The van der Waals surface area contributed by atoms with Crippen molar-refractivity contribution in [1.29, 1.82) is 0 Å². The van der Waals surface area contributed by atoms with Crippen LogP contribution in [0.25, 0.3) is 10.9 Å². The number of H-pyrrole nitrogens is 1. The lowest BCUT2D eigenvalue weighted by molar-refractivity contribution is -0.174. The molecule has 3 N–H and O–H groups in total. The molecule has 11 nitrogen and oxygen atoms in total. The smallest absolute Gasteiger partial charge is 0.340 e. The van der Waals surface area contributed by atoms with E-state index in [0.29, 0.717) is 43.5 Å². The normalized spacial score (nSPS) is 37.1. The molecule has 9 rings (SSSR count). The first-order chi connectivity index (χ1) is 25.5. The fourth-order valence-corrected chi connectivity index (χ4v) is 12.4. The number of piperidine rings is 1. The van der Waals surface area contributed by atoms with Crippen LogP contribution in [0, 0.1) is 11.8 Å². The molecule has 3 fully saturated rings.